The fourth-order valence-electron chi connectivity index (χ4n) is 4.50. The molecule has 0 aliphatic rings. The van der Waals surface area contributed by atoms with E-state index in [1.165, 1.54) is 0 Å². The van der Waals surface area contributed by atoms with Gasteiger partial charge in [-0.15, -0.1) is 0 Å². The van der Waals surface area contributed by atoms with Gasteiger partial charge in [0.05, 0.1) is 26.8 Å². The van der Waals surface area contributed by atoms with E-state index in [2.05, 4.69) is 141 Å². The Kier molecular flexibility index (Phi) is 13.7. The van der Waals surface area contributed by atoms with Crippen LogP contribution in [0, 0.1) is 13.8 Å². The largest absolute Gasteiger partial charge is 0.480 e. The van der Waals surface area contributed by atoms with Gasteiger partial charge in [-0.05, 0) is 180 Å². The van der Waals surface area contributed by atoms with Crippen molar-refractivity contribution in [3.05, 3.63) is 107 Å². The molecule has 0 aliphatic carbocycles. The standard InChI is InChI=1S/C33H24Br8O6/c1-15-5-19(34)11-25(40)29(15)44-13-27(42)46-31-21(36)7-17(8-22(31)37)33(3,4)18-9-23(38)32(24(39)10-18)47-28(43)14-45-30-16(2)6-20(35)12-26(30)41/h5-12H,13-14H2,1-4H3. The van der Waals surface area contributed by atoms with Gasteiger partial charge in [0, 0.05) is 14.4 Å². The van der Waals surface area contributed by atoms with E-state index in [1.807, 2.05) is 62.4 Å². The molecule has 0 atom stereocenters. The summed E-state index contributed by atoms with van der Waals surface area (Å²) in [4.78, 5) is 25.5. The summed E-state index contributed by atoms with van der Waals surface area (Å²) in [6, 6.07) is 15.1. The first-order valence-corrected chi connectivity index (χ1v) is 19.9. The van der Waals surface area contributed by atoms with Gasteiger partial charge in [-0.3, -0.25) is 0 Å². The van der Waals surface area contributed by atoms with Crippen LogP contribution in [0.1, 0.15) is 36.1 Å². The van der Waals surface area contributed by atoms with Crippen molar-refractivity contribution in [1.29, 1.82) is 0 Å². The second-order valence-electron chi connectivity index (χ2n) is 10.8. The Labute approximate surface area is 340 Å². The molecule has 4 aromatic rings. The van der Waals surface area contributed by atoms with Gasteiger partial charge in [-0.1, -0.05) is 45.7 Å². The Balaban J connectivity index is 1.47. The number of carbonyl (C=O) groups excluding carboxylic acids is 2. The van der Waals surface area contributed by atoms with E-state index in [-0.39, 0.29) is 13.2 Å². The van der Waals surface area contributed by atoms with Gasteiger partial charge in [0.2, 0.25) is 0 Å². The number of carbonyl (C=O) groups is 2. The van der Waals surface area contributed by atoms with E-state index >= 15 is 0 Å². The molecular formula is C33H24Br8O6. The zero-order valence-electron chi connectivity index (χ0n) is 25.0. The van der Waals surface area contributed by atoms with Gasteiger partial charge in [0.25, 0.3) is 0 Å². The van der Waals surface area contributed by atoms with Crippen molar-refractivity contribution in [2.45, 2.75) is 33.1 Å². The Morgan fingerprint density at radius 2 is 0.809 bits per heavy atom. The number of aryl methyl sites for hydroxylation is 2. The van der Waals surface area contributed by atoms with Crippen LogP contribution in [0.15, 0.2) is 84.3 Å². The lowest BCUT2D eigenvalue weighted by molar-refractivity contribution is -0.137. The molecule has 0 aromatic heterocycles. The minimum atomic E-state index is -0.560. The Bertz CT molecular complexity index is 1650. The van der Waals surface area contributed by atoms with Crippen LogP contribution in [0.4, 0.5) is 0 Å². The third-order valence-corrected chi connectivity index (χ3v) is 11.4. The molecule has 0 unspecified atom stereocenters. The molecule has 47 heavy (non-hydrogen) atoms. The van der Waals surface area contributed by atoms with Crippen molar-refractivity contribution in [2.75, 3.05) is 13.2 Å². The van der Waals surface area contributed by atoms with Crippen LogP contribution in [0.5, 0.6) is 23.0 Å². The molecule has 0 radical (unpaired) electrons. The molecule has 6 nitrogen and oxygen atoms in total. The smallest absolute Gasteiger partial charge is 0.349 e. The van der Waals surface area contributed by atoms with Crippen molar-refractivity contribution < 1.29 is 28.5 Å². The number of benzene rings is 4. The van der Waals surface area contributed by atoms with Crippen molar-refractivity contribution in [3.8, 4) is 23.0 Å². The summed E-state index contributed by atoms with van der Waals surface area (Å²) in [5.41, 5.74) is 3.06. The third kappa shape index (κ3) is 9.74. The first-order chi connectivity index (χ1) is 22.0. The van der Waals surface area contributed by atoms with Gasteiger partial charge >= 0.3 is 11.9 Å². The topological polar surface area (TPSA) is 71.1 Å². The molecule has 14 heteroatoms. The van der Waals surface area contributed by atoms with E-state index in [0.29, 0.717) is 40.9 Å². The molecule has 0 amide bonds. The number of rotatable bonds is 10. The maximum Gasteiger partial charge on any atom is 0.349 e. The Morgan fingerprint density at radius 1 is 0.511 bits per heavy atom. The lowest BCUT2D eigenvalue weighted by atomic mass is 9.78. The van der Waals surface area contributed by atoms with E-state index in [0.717, 1.165) is 40.1 Å². The van der Waals surface area contributed by atoms with E-state index in [4.69, 9.17) is 18.9 Å². The molecule has 0 fully saturated rings. The quantitative estimate of drug-likeness (QED) is 0.116. The molecule has 0 N–H and O–H groups in total. The summed E-state index contributed by atoms with van der Waals surface area (Å²) >= 11 is 28.1. The van der Waals surface area contributed by atoms with Gasteiger partial charge in [0.15, 0.2) is 24.7 Å². The van der Waals surface area contributed by atoms with E-state index in [9.17, 15) is 9.59 Å². The molecule has 4 aromatic carbocycles. The summed E-state index contributed by atoms with van der Waals surface area (Å²) in [7, 11) is 0. The molecular weight excluding hydrogens is 1130 g/mol. The molecule has 0 aliphatic heterocycles. The Morgan fingerprint density at radius 3 is 1.11 bits per heavy atom. The highest BCUT2D eigenvalue weighted by atomic mass is 79.9. The highest BCUT2D eigenvalue weighted by Gasteiger charge is 2.28. The fourth-order valence-corrected chi connectivity index (χ4v) is 10.3. The van der Waals surface area contributed by atoms with Gasteiger partial charge < -0.3 is 18.9 Å². The Hall–Kier alpha value is -0.740. The lowest BCUT2D eigenvalue weighted by Gasteiger charge is -2.28. The summed E-state index contributed by atoms with van der Waals surface area (Å²) in [6.45, 7) is 7.35. The van der Waals surface area contributed by atoms with Gasteiger partial charge in [-0.25, -0.2) is 9.59 Å². The van der Waals surface area contributed by atoms with Crippen LogP contribution >= 0.6 is 127 Å². The van der Waals surface area contributed by atoms with Crippen LogP contribution in [0.3, 0.4) is 0 Å². The van der Waals surface area contributed by atoms with Crippen LogP contribution < -0.4 is 18.9 Å². The third-order valence-electron chi connectivity index (χ3n) is 6.93. The highest BCUT2D eigenvalue weighted by Crippen LogP contribution is 2.44. The van der Waals surface area contributed by atoms with Crippen LogP contribution in [0.2, 0.25) is 0 Å². The molecule has 0 heterocycles. The fraction of sp³-hybridized carbons (Fsp3) is 0.212. The number of hydrogen-bond donors (Lipinski definition) is 0. The predicted molar refractivity (Wildman–Crippen MR) is 211 cm³/mol. The van der Waals surface area contributed by atoms with Gasteiger partial charge in [-0.2, -0.15) is 0 Å². The minimum absolute atomic E-state index is 0.278. The summed E-state index contributed by atoms with van der Waals surface area (Å²) in [5.74, 6) is 0.682. The predicted octanol–water partition coefficient (Wildman–Crippen LogP) is 12.7. The molecule has 0 saturated heterocycles. The van der Waals surface area contributed by atoms with Crippen LogP contribution in [-0.4, -0.2) is 25.2 Å². The van der Waals surface area contributed by atoms with Crippen molar-refractivity contribution in [3.63, 3.8) is 0 Å². The molecule has 4 rings (SSSR count). The first kappa shape index (κ1) is 39.1. The SMILES string of the molecule is Cc1cc(Br)cc(Br)c1OCC(=O)Oc1c(Br)cc(C(C)(C)c2cc(Br)c(OC(=O)COc3c(C)cc(Br)cc3Br)c(Br)c2)cc1Br. The highest BCUT2D eigenvalue weighted by molar-refractivity contribution is 9.12. The summed E-state index contributed by atoms with van der Waals surface area (Å²) in [5, 5.41) is 0. The second kappa shape index (κ2) is 16.5. The zero-order valence-corrected chi connectivity index (χ0v) is 37.7. The number of esters is 2. The molecule has 0 bridgehead atoms. The maximum atomic E-state index is 12.8. The van der Waals surface area contributed by atoms with Crippen molar-refractivity contribution in [1.82, 2.24) is 0 Å². The maximum absolute atomic E-state index is 12.8. The average Bonchev–Trinajstić information content (AvgIpc) is 2.95. The van der Waals surface area contributed by atoms with Crippen molar-refractivity contribution >= 4 is 139 Å². The molecule has 0 spiro atoms. The van der Waals surface area contributed by atoms with Gasteiger partial charge in [0.1, 0.15) is 11.5 Å². The average molecular weight is 1160 g/mol. The lowest BCUT2D eigenvalue weighted by Crippen LogP contribution is -2.21. The van der Waals surface area contributed by atoms with Crippen LogP contribution in [-0.2, 0) is 15.0 Å². The molecule has 0 saturated carbocycles. The summed E-state index contributed by atoms with van der Waals surface area (Å²) in [6.07, 6.45) is 0. The first-order valence-electron chi connectivity index (χ1n) is 13.5. The number of hydrogen-bond acceptors (Lipinski definition) is 6. The second-order valence-corrected chi connectivity index (χ2v) is 17.7. The minimum Gasteiger partial charge on any atom is -0.480 e. The van der Waals surface area contributed by atoms with E-state index in [1.54, 1.807) is 0 Å². The monoisotopic (exact) mass is 1150 g/mol. The van der Waals surface area contributed by atoms with Crippen molar-refractivity contribution in [2.24, 2.45) is 0 Å². The van der Waals surface area contributed by atoms with Crippen LogP contribution in [0.25, 0.3) is 0 Å². The number of halogens is 8. The van der Waals surface area contributed by atoms with E-state index < -0.39 is 17.4 Å². The number of ether oxygens (including phenoxy) is 4. The zero-order chi connectivity index (χ0) is 34.8. The summed E-state index contributed by atoms with van der Waals surface area (Å²) < 4.78 is 28.4. The molecule has 248 valence electrons. The normalized spacial score (nSPS) is 11.3.